The number of carbonyl (C=O) groups excluding carboxylic acids is 2. The molecule has 0 saturated carbocycles. The van der Waals surface area contributed by atoms with Crippen LogP contribution in [-0.4, -0.2) is 11.9 Å². The topological polar surface area (TPSA) is 55.8 Å². The summed E-state index contributed by atoms with van der Waals surface area (Å²) in [6.45, 7) is 10.6. The van der Waals surface area contributed by atoms with Gasteiger partial charge in [-0.25, -0.2) is 9.59 Å². The molecule has 5 heteroatoms. The molecule has 5 nitrogen and oxygen atoms in total. The minimum Gasteiger partial charge on any atom is -0.423 e. The monoisotopic (exact) mass is 615 g/mol. The van der Waals surface area contributed by atoms with E-state index in [9.17, 15) is 9.59 Å². The molecule has 0 unspecified atom stereocenters. The molecule has 0 aliphatic heterocycles. The quantitative estimate of drug-likeness (QED) is 0.0988. The molecule has 0 saturated heterocycles. The van der Waals surface area contributed by atoms with E-state index in [4.69, 9.17) is 9.47 Å². The maximum Gasteiger partial charge on any atom is 0.338 e. The number of ether oxygens (including phenoxy) is 2. The van der Waals surface area contributed by atoms with E-state index in [1.807, 2.05) is 36.4 Å². The molecule has 47 heavy (non-hydrogen) atoms. The van der Waals surface area contributed by atoms with Gasteiger partial charge in [0.05, 0.1) is 5.69 Å². The fraction of sp³-hybridized carbons (Fsp3) is 0.0952. The van der Waals surface area contributed by atoms with Crippen LogP contribution >= 0.6 is 0 Å². The molecule has 0 spiro atoms. The fourth-order valence-corrected chi connectivity index (χ4v) is 6.22. The Morgan fingerprint density at radius 1 is 0.660 bits per heavy atom. The summed E-state index contributed by atoms with van der Waals surface area (Å²) in [7, 11) is 0. The lowest BCUT2D eigenvalue weighted by molar-refractivity contribution is -0.130. The van der Waals surface area contributed by atoms with Crippen LogP contribution in [0.5, 0.6) is 11.5 Å². The van der Waals surface area contributed by atoms with Crippen molar-refractivity contribution in [1.29, 1.82) is 0 Å². The largest absolute Gasteiger partial charge is 0.423 e. The Balaban J connectivity index is 1.29. The molecule has 0 atom stereocenters. The van der Waals surface area contributed by atoms with E-state index < -0.39 is 11.9 Å². The van der Waals surface area contributed by atoms with Crippen molar-refractivity contribution in [3.63, 3.8) is 0 Å². The highest BCUT2D eigenvalue weighted by atomic mass is 16.5. The highest BCUT2D eigenvalue weighted by Crippen LogP contribution is 2.46. The number of nitrogens with zero attached hydrogens (tertiary/aromatic N) is 1. The summed E-state index contributed by atoms with van der Waals surface area (Å²) in [5, 5.41) is 2.54. The van der Waals surface area contributed by atoms with Gasteiger partial charge in [0.25, 0.3) is 0 Å². The van der Waals surface area contributed by atoms with Crippen LogP contribution in [0.1, 0.15) is 37.0 Å². The Morgan fingerprint density at radius 3 is 1.79 bits per heavy atom. The van der Waals surface area contributed by atoms with Gasteiger partial charge in [-0.2, -0.15) is 0 Å². The molecule has 2 aliphatic rings. The van der Waals surface area contributed by atoms with E-state index in [2.05, 4.69) is 84.8 Å². The Hall–Kier alpha value is -5.94. The molecule has 2 aliphatic carbocycles. The van der Waals surface area contributed by atoms with Crippen LogP contribution in [0.15, 0.2) is 134 Å². The number of rotatable bonds is 8. The number of carbonyl (C=O) groups is 2. The minimum atomic E-state index is -0.451. The van der Waals surface area contributed by atoms with Crippen molar-refractivity contribution in [2.45, 2.75) is 26.7 Å². The van der Waals surface area contributed by atoms with Gasteiger partial charge in [-0.15, -0.1) is 0 Å². The summed E-state index contributed by atoms with van der Waals surface area (Å²) in [6, 6.07) is 32.3. The van der Waals surface area contributed by atoms with Crippen LogP contribution in [0.4, 0.5) is 17.1 Å². The number of anilines is 3. The van der Waals surface area contributed by atoms with Crippen molar-refractivity contribution in [2.24, 2.45) is 0 Å². The summed E-state index contributed by atoms with van der Waals surface area (Å²) in [5.74, 6) is 0.0398. The molecular formula is C42H33NO4. The normalized spacial score (nSPS) is 12.7. The van der Waals surface area contributed by atoms with Gasteiger partial charge in [-0.1, -0.05) is 73.9 Å². The number of hydrogen-bond acceptors (Lipinski definition) is 5. The molecule has 230 valence electrons. The molecule has 0 fully saturated rings. The lowest BCUT2D eigenvalue weighted by atomic mass is 9.81. The standard InChI is InChI=1S/C42H33NO4/c1-26(2)41(44)46-35-20-12-29(13-21-35)28-10-16-33(17-11-28)43(34-18-22-36(23-19-34)47-42(45)27(3)4)38-25-15-32-9-8-30-6-5-7-31-14-24-37(38)40(32)39(30)31/h5-6,8-23,25H,1,3,7,24H2,2,4H3. The Bertz CT molecular complexity index is 2150. The van der Waals surface area contributed by atoms with E-state index in [0.717, 1.165) is 41.0 Å². The van der Waals surface area contributed by atoms with E-state index in [1.54, 1.807) is 26.0 Å². The Kier molecular flexibility index (Phi) is 7.66. The van der Waals surface area contributed by atoms with Crippen molar-refractivity contribution in [2.75, 3.05) is 4.90 Å². The van der Waals surface area contributed by atoms with Gasteiger partial charge in [-0.05, 0) is 125 Å². The molecule has 0 radical (unpaired) electrons. The van der Waals surface area contributed by atoms with Crippen LogP contribution in [0, 0.1) is 0 Å². The lowest BCUT2D eigenvalue weighted by Crippen LogP contribution is -2.14. The third-order valence-corrected chi connectivity index (χ3v) is 8.58. The van der Waals surface area contributed by atoms with Gasteiger partial charge in [0.2, 0.25) is 0 Å². The zero-order valence-corrected chi connectivity index (χ0v) is 26.4. The average molecular weight is 616 g/mol. The van der Waals surface area contributed by atoms with Gasteiger partial charge >= 0.3 is 11.9 Å². The summed E-state index contributed by atoms with van der Waals surface area (Å²) in [6.07, 6.45) is 8.62. The Labute approximate surface area is 274 Å². The molecule has 0 aromatic heterocycles. The first-order valence-corrected chi connectivity index (χ1v) is 15.6. The molecule has 0 bridgehead atoms. The summed E-state index contributed by atoms with van der Waals surface area (Å²) in [5.41, 5.74) is 11.0. The third kappa shape index (κ3) is 5.68. The van der Waals surface area contributed by atoms with Crippen molar-refractivity contribution in [3.8, 4) is 22.6 Å². The average Bonchev–Trinajstić information content (AvgIpc) is 3.09. The van der Waals surface area contributed by atoms with Gasteiger partial charge in [0.1, 0.15) is 11.5 Å². The second-order valence-electron chi connectivity index (χ2n) is 12.0. The van der Waals surface area contributed by atoms with E-state index in [0.29, 0.717) is 22.6 Å². The van der Waals surface area contributed by atoms with Crippen molar-refractivity contribution in [1.82, 2.24) is 0 Å². The van der Waals surface area contributed by atoms with Crippen molar-refractivity contribution >= 4 is 51.4 Å². The first-order valence-electron chi connectivity index (χ1n) is 15.6. The number of esters is 2. The molecule has 0 N–H and O–H groups in total. The fourth-order valence-electron chi connectivity index (χ4n) is 6.22. The second kappa shape index (κ2) is 12.1. The smallest absolute Gasteiger partial charge is 0.338 e. The van der Waals surface area contributed by atoms with Crippen LogP contribution in [-0.2, 0) is 16.0 Å². The number of allylic oxidation sites excluding steroid dienone is 3. The summed E-state index contributed by atoms with van der Waals surface area (Å²) in [4.78, 5) is 26.4. The molecule has 5 aromatic carbocycles. The highest BCUT2D eigenvalue weighted by Gasteiger charge is 2.25. The van der Waals surface area contributed by atoms with Crippen LogP contribution in [0.25, 0.3) is 33.5 Å². The number of hydrogen-bond donors (Lipinski definition) is 0. The lowest BCUT2D eigenvalue weighted by Gasteiger charge is -2.31. The Morgan fingerprint density at radius 2 is 1.19 bits per heavy atom. The predicted octanol–water partition coefficient (Wildman–Crippen LogP) is 10.3. The zero-order valence-electron chi connectivity index (χ0n) is 26.4. The summed E-state index contributed by atoms with van der Waals surface area (Å²) < 4.78 is 10.9. The molecule has 5 aromatic rings. The van der Waals surface area contributed by atoms with Gasteiger partial charge in [-0.3, -0.25) is 0 Å². The molecule has 0 heterocycles. The van der Waals surface area contributed by atoms with E-state index in [1.165, 1.54) is 33.0 Å². The van der Waals surface area contributed by atoms with Crippen LogP contribution in [0.2, 0.25) is 0 Å². The van der Waals surface area contributed by atoms with Gasteiger partial charge in [0.15, 0.2) is 0 Å². The predicted molar refractivity (Wildman–Crippen MR) is 190 cm³/mol. The van der Waals surface area contributed by atoms with E-state index in [-0.39, 0.29) is 0 Å². The maximum absolute atomic E-state index is 12.2. The third-order valence-electron chi connectivity index (χ3n) is 8.58. The first-order chi connectivity index (χ1) is 22.8. The zero-order chi connectivity index (χ0) is 32.7. The maximum atomic E-state index is 12.2. The SMILES string of the molecule is C=C(C)C(=O)Oc1ccc(-c2ccc(N(c3ccc(OC(=O)C(=C)C)cc3)c3ccc4ccc5c6c4c3CC=C6CC=C5)cc2)cc1. The van der Waals surface area contributed by atoms with Crippen molar-refractivity contribution in [3.05, 3.63) is 150 Å². The molecule has 0 amide bonds. The minimum absolute atomic E-state index is 0.346. The van der Waals surface area contributed by atoms with Crippen molar-refractivity contribution < 1.29 is 19.1 Å². The molecular weight excluding hydrogens is 582 g/mol. The molecule has 7 rings (SSSR count). The van der Waals surface area contributed by atoms with Gasteiger partial charge in [0, 0.05) is 22.5 Å². The number of benzene rings is 5. The van der Waals surface area contributed by atoms with Crippen LogP contribution in [0.3, 0.4) is 0 Å². The van der Waals surface area contributed by atoms with E-state index >= 15 is 0 Å². The second-order valence-corrected chi connectivity index (χ2v) is 12.0. The first kappa shape index (κ1) is 29.8. The summed E-state index contributed by atoms with van der Waals surface area (Å²) >= 11 is 0. The van der Waals surface area contributed by atoms with Crippen LogP contribution < -0.4 is 14.4 Å². The van der Waals surface area contributed by atoms with Gasteiger partial charge < -0.3 is 14.4 Å². The highest BCUT2D eigenvalue weighted by molar-refractivity contribution is 6.05.